The third kappa shape index (κ3) is 3.75. The predicted molar refractivity (Wildman–Crippen MR) is 123 cm³/mol. The Bertz CT molecular complexity index is 1250. The van der Waals surface area contributed by atoms with E-state index in [0.717, 1.165) is 20.8 Å². The zero-order valence-corrected chi connectivity index (χ0v) is 17.6. The lowest BCUT2D eigenvalue weighted by Crippen LogP contribution is -2.48. The lowest BCUT2D eigenvalue weighted by atomic mass is 10.1. The molecule has 1 aromatic heterocycles. The maximum atomic E-state index is 12.8. The molecular weight excluding hydrogens is 410 g/mol. The Labute approximate surface area is 183 Å². The molecule has 7 heteroatoms. The molecule has 1 N–H and O–H groups in total. The molecule has 1 aliphatic heterocycles. The number of hydrogen-bond acceptors (Lipinski definition) is 5. The first kappa shape index (κ1) is 19.3. The van der Waals surface area contributed by atoms with E-state index in [0.29, 0.717) is 17.1 Å². The summed E-state index contributed by atoms with van der Waals surface area (Å²) in [5.41, 5.74) is 3.31. The number of carbonyl (C=O) groups excluding carboxylic acids is 2. The maximum Gasteiger partial charge on any atom is 0.267 e. The summed E-state index contributed by atoms with van der Waals surface area (Å²) in [5.74, 6) is 0.0949. The summed E-state index contributed by atoms with van der Waals surface area (Å²) in [5, 5.41) is 3.82. The van der Waals surface area contributed by atoms with Gasteiger partial charge in [0.1, 0.15) is 10.8 Å². The van der Waals surface area contributed by atoms with Crippen molar-refractivity contribution in [1.29, 1.82) is 0 Å². The van der Waals surface area contributed by atoms with Crippen molar-refractivity contribution in [1.82, 2.24) is 4.98 Å². The van der Waals surface area contributed by atoms with E-state index >= 15 is 0 Å². The number of nitrogens with zero attached hydrogens (tertiary/aromatic N) is 2. The van der Waals surface area contributed by atoms with Gasteiger partial charge < -0.3 is 15.0 Å². The maximum absolute atomic E-state index is 12.8. The number of thiazole rings is 1. The number of hydrogen-bond donors (Lipinski definition) is 1. The fourth-order valence-electron chi connectivity index (χ4n) is 3.58. The topological polar surface area (TPSA) is 71.5 Å². The van der Waals surface area contributed by atoms with Gasteiger partial charge in [-0.3, -0.25) is 9.59 Å². The molecule has 2 heterocycles. The first-order valence-electron chi connectivity index (χ1n) is 9.89. The van der Waals surface area contributed by atoms with Crippen molar-refractivity contribution in [2.45, 2.75) is 13.0 Å². The molecule has 0 fully saturated rings. The van der Waals surface area contributed by atoms with E-state index < -0.39 is 6.10 Å². The molecule has 1 aliphatic rings. The van der Waals surface area contributed by atoms with Crippen LogP contribution in [0.1, 0.15) is 6.92 Å². The largest absolute Gasteiger partial charge is 0.476 e. The van der Waals surface area contributed by atoms with Crippen LogP contribution in [0.4, 0.5) is 11.4 Å². The van der Waals surface area contributed by atoms with Crippen LogP contribution in [0.25, 0.3) is 20.8 Å². The Hall–Kier alpha value is -3.71. The van der Waals surface area contributed by atoms with Crippen LogP contribution in [0.5, 0.6) is 5.75 Å². The zero-order chi connectivity index (χ0) is 21.4. The highest BCUT2D eigenvalue weighted by molar-refractivity contribution is 7.21. The average Bonchev–Trinajstić information content (AvgIpc) is 3.23. The highest BCUT2D eigenvalue weighted by atomic mass is 32.1. The van der Waals surface area contributed by atoms with E-state index in [2.05, 4.69) is 16.4 Å². The standard InChI is InChI=1S/C24H19N3O3S/c1-15(28)27-14-21(30-20-8-4-3-7-19(20)27)23(29)25-17-12-10-16(11-13-17)24-26-18-6-2-5-9-22(18)31-24/h2-13,21H,14H2,1H3,(H,25,29). The predicted octanol–water partition coefficient (Wildman–Crippen LogP) is 4.72. The quantitative estimate of drug-likeness (QED) is 0.512. The van der Waals surface area contributed by atoms with E-state index in [9.17, 15) is 9.59 Å². The molecule has 154 valence electrons. The van der Waals surface area contributed by atoms with E-state index in [1.54, 1.807) is 22.3 Å². The number of fused-ring (bicyclic) bond motifs is 2. The molecule has 0 aliphatic carbocycles. The summed E-state index contributed by atoms with van der Waals surface area (Å²) in [6.45, 7) is 1.65. The molecule has 0 radical (unpaired) electrons. The molecule has 2 amide bonds. The highest BCUT2D eigenvalue weighted by Gasteiger charge is 2.32. The molecule has 1 atom stereocenters. The second-order valence-electron chi connectivity index (χ2n) is 7.26. The summed E-state index contributed by atoms with van der Waals surface area (Å²) >= 11 is 1.63. The monoisotopic (exact) mass is 429 g/mol. The molecule has 1 unspecified atom stereocenters. The first-order chi connectivity index (χ1) is 15.1. The minimum Gasteiger partial charge on any atom is -0.476 e. The van der Waals surface area contributed by atoms with Crippen LogP contribution in [0.3, 0.4) is 0 Å². The number of para-hydroxylation sites is 3. The number of nitrogens with one attached hydrogen (secondary N) is 1. The highest BCUT2D eigenvalue weighted by Crippen LogP contribution is 2.34. The third-order valence-electron chi connectivity index (χ3n) is 5.14. The number of amides is 2. The molecule has 0 saturated carbocycles. The SMILES string of the molecule is CC(=O)N1CC(C(=O)Nc2ccc(-c3nc4ccccc4s3)cc2)Oc2ccccc21. The molecule has 3 aromatic carbocycles. The molecule has 0 saturated heterocycles. The molecule has 6 nitrogen and oxygen atoms in total. The second kappa shape index (κ2) is 7.85. The van der Waals surface area contributed by atoms with Crippen molar-refractivity contribution in [2.24, 2.45) is 0 Å². The Morgan fingerprint density at radius 1 is 1.03 bits per heavy atom. The fraction of sp³-hybridized carbons (Fsp3) is 0.125. The van der Waals surface area contributed by atoms with Gasteiger partial charge in [0, 0.05) is 18.2 Å². The van der Waals surface area contributed by atoms with Gasteiger partial charge in [-0.15, -0.1) is 11.3 Å². The number of carbonyl (C=O) groups is 2. The van der Waals surface area contributed by atoms with Crippen LogP contribution in [-0.4, -0.2) is 29.4 Å². The van der Waals surface area contributed by atoms with Crippen molar-refractivity contribution in [3.05, 3.63) is 72.8 Å². The minimum atomic E-state index is -0.789. The van der Waals surface area contributed by atoms with Crippen LogP contribution in [0.2, 0.25) is 0 Å². The Kier molecular flexibility index (Phi) is 4.88. The zero-order valence-electron chi connectivity index (χ0n) is 16.7. The van der Waals surface area contributed by atoms with Gasteiger partial charge in [0.15, 0.2) is 6.10 Å². The Morgan fingerprint density at radius 2 is 1.77 bits per heavy atom. The molecular formula is C24H19N3O3S. The van der Waals surface area contributed by atoms with Crippen LogP contribution in [-0.2, 0) is 9.59 Å². The van der Waals surface area contributed by atoms with Crippen molar-refractivity contribution in [3.63, 3.8) is 0 Å². The van der Waals surface area contributed by atoms with Gasteiger partial charge in [-0.1, -0.05) is 24.3 Å². The minimum absolute atomic E-state index is 0.131. The third-order valence-corrected chi connectivity index (χ3v) is 6.22. The van der Waals surface area contributed by atoms with Crippen molar-refractivity contribution < 1.29 is 14.3 Å². The number of anilines is 2. The van der Waals surface area contributed by atoms with Gasteiger partial charge in [-0.2, -0.15) is 0 Å². The van der Waals surface area contributed by atoms with E-state index in [1.165, 1.54) is 6.92 Å². The summed E-state index contributed by atoms with van der Waals surface area (Å²) in [7, 11) is 0. The van der Waals surface area contributed by atoms with Crippen LogP contribution >= 0.6 is 11.3 Å². The molecule has 5 rings (SSSR count). The van der Waals surface area contributed by atoms with Gasteiger partial charge in [0.05, 0.1) is 22.4 Å². The average molecular weight is 430 g/mol. The van der Waals surface area contributed by atoms with Gasteiger partial charge in [0.2, 0.25) is 5.91 Å². The van der Waals surface area contributed by atoms with Crippen molar-refractivity contribution in [2.75, 3.05) is 16.8 Å². The number of benzene rings is 3. The van der Waals surface area contributed by atoms with E-state index in [-0.39, 0.29) is 18.4 Å². The summed E-state index contributed by atoms with van der Waals surface area (Å²) in [4.78, 5) is 31.1. The van der Waals surface area contributed by atoms with E-state index in [4.69, 9.17) is 4.74 Å². The lowest BCUT2D eigenvalue weighted by Gasteiger charge is -2.33. The van der Waals surface area contributed by atoms with Crippen molar-refractivity contribution >= 4 is 44.7 Å². The molecule has 0 spiro atoms. The van der Waals surface area contributed by atoms with Gasteiger partial charge in [-0.05, 0) is 48.5 Å². The normalized spacial score (nSPS) is 15.3. The van der Waals surface area contributed by atoms with Crippen LogP contribution in [0, 0.1) is 0 Å². The van der Waals surface area contributed by atoms with Gasteiger partial charge in [-0.25, -0.2) is 4.98 Å². The van der Waals surface area contributed by atoms with Crippen molar-refractivity contribution in [3.8, 4) is 16.3 Å². The Morgan fingerprint density at radius 3 is 2.55 bits per heavy atom. The first-order valence-corrected chi connectivity index (χ1v) is 10.7. The summed E-state index contributed by atoms with van der Waals surface area (Å²) < 4.78 is 7.00. The fourth-order valence-corrected chi connectivity index (χ4v) is 4.55. The molecule has 4 aromatic rings. The lowest BCUT2D eigenvalue weighted by molar-refractivity contribution is -0.123. The smallest absolute Gasteiger partial charge is 0.267 e. The molecule has 0 bridgehead atoms. The van der Waals surface area contributed by atoms with E-state index in [1.807, 2.05) is 60.7 Å². The Balaban J connectivity index is 1.32. The number of aromatic nitrogens is 1. The molecule has 31 heavy (non-hydrogen) atoms. The van der Waals surface area contributed by atoms with Crippen LogP contribution in [0.15, 0.2) is 72.8 Å². The van der Waals surface area contributed by atoms with Crippen LogP contribution < -0.4 is 15.0 Å². The summed E-state index contributed by atoms with van der Waals surface area (Å²) in [6.07, 6.45) is -0.789. The second-order valence-corrected chi connectivity index (χ2v) is 8.29. The number of ether oxygens (including phenoxy) is 1. The summed E-state index contributed by atoms with van der Waals surface area (Å²) in [6, 6.07) is 22.8. The van der Waals surface area contributed by atoms with Gasteiger partial charge in [0.25, 0.3) is 5.91 Å². The van der Waals surface area contributed by atoms with Gasteiger partial charge >= 0.3 is 0 Å². The number of rotatable bonds is 3.